The molecule has 0 aliphatic heterocycles. The van der Waals surface area contributed by atoms with E-state index in [1.807, 2.05) is 23.7 Å². The van der Waals surface area contributed by atoms with Crippen LogP contribution in [0.5, 0.6) is 0 Å². The number of thiophene rings is 1. The minimum absolute atomic E-state index is 1.13. The summed E-state index contributed by atoms with van der Waals surface area (Å²) in [6.45, 7) is 2.14. The van der Waals surface area contributed by atoms with Gasteiger partial charge in [-0.15, -0.1) is 11.3 Å². The van der Waals surface area contributed by atoms with Crippen LogP contribution in [-0.2, 0) is 0 Å². The molecule has 3 aromatic heterocycles. The van der Waals surface area contributed by atoms with Crippen molar-refractivity contribution in [2.75, 3.05) is 4.90 Å². The minimum atomic E-state index is 1.13. The molecule has 0 saturated heterocycles. The van der Waals surface area contributed by atoms with Crippen molar-refractivity contribution >= 4 is 70.4 Å². The molecule has 0 bridgehead atoms. The van der Waals surface area contributed by atoms with Crippen LogP contribution in [0.25, 0.3) is 58.8 Å². The van der Waals surface area contributed by atoms with E-state index in [4.69, 9.17) is 0 Å². The van der Waals surface area contributed by atoms with E-state index in [0.29, 0.717) is 0 Å². The zero-order chi connectivity index (χ0) is 30.6. The maximum atomic E-state index is 4.19. The number of hydrogen-bond donors (Lipinski definition) is 0. The molecule has 3 heterocycles. The number of fused-ring (bicyclic) bond motifs is 6. The lowest BCUT2D eigenvalue weighted by molar-refractivity contribution is 1.18. The van der Waals surface area contributed by atoms with E-state index < -0.39 is 0 Å². The second kappa shape index (κ2) is 10.7. The van der Waals surface area contributed by atoms with Gasteiger partial charge in [0.25, 0.3) is 0 Å². The molecule has 0 atom stereocenters. The molecule has 0 N–H and O–H groups in total. The van der Waals surface area contributed by atoms with Crippen molar-refractivity contribution in [3.05, 3.63) is 164 Å². The van der Waals surface area contributed by atoms with Crippen LogP contribution in [0, 0.1) is 6.92 Å². The van der Waals surface area contributed by atoms with Gasteiger partial charge in [-0.05, 0) is 96.9 Å². The first-order chi connectivity index (χ1) is 22.7. The Balaban J connectivity index is 1.29. The molecule has 0 saturated carbocycles. The Morgan fingerprint density at radius 3 is 2.04 bits per heavy atom. The molecule has 9 aromatic rings. The fraction of sp³-hybridized carbons (Fsp3) is 0.0238. The Kier molecular flexibility index (Phi) is 6.22. The maximum Gasteiger partial charge on any atom is 0.0562 e. The summed E-state index contributed by atoms with van der Waals surface area (Å²) in [5.41, 5.74) is 10.5. The third kappa shape index (κ3) is 4.30. The Morgan fingerprint density at radius 2 is 1.22 bits per heavy atom. The molecule has 4 heteroatoms. The Bertz CT molecular complexity index is 2520. The molecule has 6 aromatic carbocycles. The normalized spacial score (nSPS) is 11.6. The smallest absolute Gasteiger partial charge is 0.0562 e. The first-order valence-electron chi connectivity index (χ1n) is 15.5. The van der Waals surface area contributed by atoms with Crippen LogP contribution in [0.4, 0.5) is 17.1 Å². The molecular weight excluding hydrogens is 579 g/mol. The molecule has 0 radical (unpaired) electrons. The largest absolute Gasteiger partial charge is 0.310 e. The van der Waals surface area contributed by atoms with Crippen LogP contribution in [0.2, 0.25) is 0 Å². The van der Waals surface area contributed by atoms with Gasteiger partial charge in [-0.3, -0.25) is 4.98 Å². The molecule has 3 nitrogen and oxygen atoms in total. The lowest BCUT2D eigenvalue weighted by Crippen LogP contribution is -2.10. The van der Waals surface area contributed by atoms with Crippen molar-refractivity contribution in [1.29, 1.82) is 0 Å². The number of aryl methyl sites for hydroxylation is 1. The van der Waals surface area contributed by atoms with Gasteiger partial charge in [0.15, 0.2) is 0 Å². The predicted molar refractivity (Wildman–Crippen MR) is 196 cm³/mol. The fourth-order valence-electron chi connectivity index (χ4n) is 6.79. The Morgan fingerprint density at radius 1 is 0.543 bits per heavy atom. The van der Waals surface area contributed by atoms with Gasteiger partial charge in [0.2, 0.25) is 0 Å². The summed E-state index contributed by atoms with van der Waals surface area (Å²) >= 11 is 1.86. The molecule has 0 fully saturated rings. The van der Waals surface area contributed by atoms with E-state index >= 15 is 0 Å². The number of nitrogens with zero attached hydrogens (tertiary/aromatic N) is 3. The van der Waals surface area contributed by atoms with Gasteiger partial charge in [0.1, 0.15) is 0 Å². The fourth-order valence-corrected chi connectivity index (χ4v) is 7.87. The molecule has 9 rings (SSSR count). The number of para-hydroxylation sites is 1. The molecule has 0 spiro atoms. The van der Waals surface area contributed by atoms with Crippen LogP contribution < -0.4 is 4.90 Å². The third-order valence-corrected chi connectivity index (χ3v) is 10.1. The number of rotatable bonds is 5. The average molecular weight is 608 g/mol. The summed E-state index contributed by atoms with van der Waals surface area (Å²) in [5.74, 6) is 0. The van der Waals surface area contributed by atoms with E-state index in [-0.39, 0.29) is 0 Å². The van der Waals surface area contributed by atoms with Gasteiger partial charge in [-0.25, -0.2) is 0 Å². The highest BCUT2D eigenvalue weighted by Gasteiger charge is 2.21. The maximum absolute atomic E-state index is 4.19. The second-order valence-electron chi connectivity index (χ2n) is 11.8. The number of pyridine rings is 1. The lowest BCUT2D eigenvalue weighted by atomic mass is 10.1. The number of benzene rings is 6. The topological polar surface area (TPSA) is 21.1 Å². The second-order valence-corrected chi connectivity index (χ2v) is 12.8. The number of anilines is 3. The van der Waals surface area contributed by atoms with E-state index in [1.54, 1.807) is 0 Å². The quantitative estimate of drug-likeness (QED) is 0.194. The first-order valence-corrected chi connectivity index (χ1v) is 16.4. The van der Waals surface area contributed by atoms with Gasteiger partial charge in [0, 0.05) is 60.4 Å². The molecule has 46 heavy (non-hydrogen) atoms. The van der Waals surface area contributed by atoms with E-state index in [1.165, 1.54) is 53.1 Å². The molecule has 218 valence electrons. The predicted octanol–water partition coefficient (Wildman–Crippen LogP) is 12.0. The monoisotopic (exact) mass is 607 g/mol. The highest BCUT2D eigenvalue weighted by molar-refractivity contribution is 7.25. The molecule has 0 unspecified atom stereocenters. The van der Waals surface area contributed by atoms with Crippen LogP contribution in [0.1, 0.15) is 5.56 Å². The summed E-state index contributed by atoms with van der Waals surface area (Å²) in [6.07, 6.45) is 3.69. The van der Waals surface area contributed by atoms with Crippen molar-refractivity contribution in [3.8, 4) is 16.8 Å². The van der Waals surface area contributed by atoms with E-state index in [9.17, 15) is 0 Å². The zero-order valence-corrected chi connectivity index (χ0v) is 26.1. The lowest BCUT2D eigenvalue weighted by Gasteiger charge is -2.27. The van der Waals surface area contributed by atoms with Crippen molar-refractivity contribution in [2.24, 2.45) is 0 Å². The van der Waals surface area contributed by atoms with Crippen LogP contribution in [-0.4, -0.2) is 9.55 Å². The van der Waals surface area contributed by atoms with Crippen LogP contribution in [0.15, 0.2) is 158 Å². The Hall–Kier alpha value is -5.71. The number of hydrogen-bond acceptors (Lipinski definition) is 3. The standard InChI is InChI=1S/C42H29N3S/c1-28-13-17-31(18-14-28)44(33-21-22-41-36(27-33)34-7-3-5-12-40(34)46-41)38-10-6-11-39-42(38)35-8-2-4-9-37(35)45(39)32-19-15-29(16-20-32)30-23-25-43-26-24-30/h2-27H,1H3. The zero-order valence-electron chi connectivity index (χ0n) is 25.3. The summed E-state index contributed by atoms with van der Waals surface area (Å²) < 4.78 is 5.02. The van der Waals surface area contributed by atoms with Gasteiger partial charge in [0.05, 0.1) is 16.7 Å². The SMILES string of the molecule is Cc1ccc(N(c2ccc3sc4ccccc4c3c2)c2cccc3c2c2ccccc2n3-c2ccc(-c3ccncc3)cc2)cc1. The summed E-state index contributed by atoms with van der Waals surface area (Å²) in [7, 11) is 0. The van der Waals surface area contributed by atoms with Crippen molar-refractivity contribution < 1.29 is 0 Å². The van der Waals surface area contributed by atoms with Gasteiger partial charge < -0.3 is 9.47 Å². The van der Waals surface area contributed by atoms with Crippen LogP contribution >= 0.6 is 11.3 Å². The summed E-state index contributed by atoms with van der Waals surface area (Å²) in [5, 5.41) is 5.05. The van der Waals surface area contributed by atoms with Gasteiger partial charge in [-0.1, -0.05) is 72.3 Å². The Labute approximate surface area is 271 Å². The number of aromatic nitrogens is 2. The van der Waals surface area contributed by atoms with Crippen molar-refractivity contribution in [1.82, 2.24) is 9.55 Å². The molecule has 0 aliphatic rings. The van der Waals surface area contributed by atoms with Crippen molar-refractivity contribution in [2.45, 2.75) is 6.92 Å². The van der Waals surface area contributed by atoms with Gasteiger partial charge >= 0.3 is 0 Å². The van der Waals surface area contributed by atoms with E-state index in [0.717, 1.165) is 28.3 Å². The third-order valence-electron chi connectivity index (χ3n) is 8.97. The molecule has 0 aliphatic carbocycles. The van der Waals surface area contributed by atoms with E-state index in [2.05, 4.69) is 167 Å². The van der Waals surface area contributed by atoms with Gasteiger partial charge in [-0.2, -0.15) is 0 Å². The first kappa shape index (κ1) is 26.7. The molecular formula is C42H29N3S. The highest BCUT2D eigenvalue weighted by Crippen LogP contribution is 2.45. The average Bonchev–Trinajstić information content (AvgIpc) is 3.66. The molecule has 0 amide bonds. The van der Waals surface area contributed by atoms with Crippen LogP contribution in [0.3, 0.4) is 0 Å². The van der Waals surface area contributed by atoms with Crippen molar-refractivity contribution in [3.63, 3.8) is 0 Å². The highest BCUT2D eigenvalue weighted by atomic mass is 32.1. The minimum Gasteiger partial charge on any atom is -0.310 e. The summed E-state index contributed by atoms with van der Waals surface area (Å²) in [4.78, 5) is 6.61. The summed E-state index contributed by atoms with van der Waals surface area (Å²) in [6, 6.07) is 53.0.